The van der Waals surface area contributed by atoms with Crippen molar-refractivity contribution in [2.45, 2.75) is 13.3 Å². The first-order valence-electron chi connectivity index (χ1n) is 8.06. The van der Waals surface area contributed by atoms with Gasteiger partial charge >= 0.3 is 0 Å². The maximum absolute atomic E-state index is 12.9. The molecule has 5 heteroatoms. The zero-order valence-electron chi connectivity index (χ0n) is 13.6. The highest BCUT2D eigenvalue weighted by Crippen LogP contribution is 2.25. The van der Waals surface area contributed by atoms with E-state index in [4.69, 9.17) is 11.6 Å². The van der Waals surface area contributed by atoms with Gasteiger partial charge in [0.25, 0.3) is 0 Å². The van der Waals surface area contributed by atoms with Crippen molar-refractivity contribution in [3.8, 4) is 0 Å². The Morgan fingerprint density at radius 2 is 1.75 bits per heavy atom. The van der Waals surface area contributed by atoms with E-state index in [0.29, 0.717) is 19.5 Å². The average molecular weight is 347 g/mol. The Hall–Kier alpha value is -2.07. The van der Waals surface area contributed by atoms with Crippen LogP contribution in [-0.2, 0) is 11.2 Å². The first kappa shape index (κ1) is 16.8. The van der Waals surface area contributed by atoms with Gasteiger partial charge in [0.1, 0.15) is 5.82 Å². The third kappa shape index (κ3) is 3.88. The predicted molar refractivity (Wildman–Crippen MR) is 95.1 cm³/mol. The number of halogens is 2. The van der Waals surface area contributed by atoms with Crippen molar-refractivity contribution in [1.29, 1.82) is 0 Å². The smallest absolute Gasteiger partial charge is 0.227 e. The number of nitrogens with zero attached hydrogens (tertiary/aromatic N) is 2. The van der Waals surface area contributed by atoms with Crippen molar-refractivity contribution in [2.24, 2.45) is 0 Å². The summed E-state index contributed by atoms with van der Waals surface area (Å²) in [7, 11) is 0. The number of piperazine rings is 1. The van der Waals surface area contributed by atoms with Gasteiger partial charge in [0.2, 0.25) is 5.91 Å². The van der Waals surface area contributed by atoms with Crippen LogP contribution in [0.4, 0.5) is 10.1 Å². The van der Waals surface area contributed by atoms with Gasteiger partial charge in [-0.3, -0.25) is 4.79 Å². The zero-order valence-corrected chi connectivity index (χ0v) is 14.4. The van der Waals surface area contributed by atoms with E-state index in [2.05, 4.69) is 11.8 Å². The molecular formula is C19H20ClFN2O. The first-order valence-corrected chi connectivity index (χ1v) is 8.44. The summed E-state index contributed by atoms with van der Waals surface area (Å²) in [5, 5.41) is 0.727. The summed E-state index contributed by atoms with van der Waals surface area (Å²) in [5.74, 6) is -0.194. The molecular weight excluding hydrogens is 327 g/mol. The second-order valence-corrected chi connectivity index (χ2v) is 6.54. The summed E-state index contributed by atoms with van der Waals surface area (Å²) in [6.45, 7) is 5.02. The minimum absolute atomic E-state index is 0.0871. The lowest BCUT2D eigenvalue weighted by molar-refractivity contribution is -0.130. The minimum atomic E-state index is -0.281. The van der Waals surface area contributed by atoms with Gasteiger partial charge in [0.15, 0.2) is 0 Å². The van der Waals surface area contributed by atoms with Crippen LogP contribution in [0.1, 0.15) is 11.1 Å². The van der Waals surface area contributed by atoms with Crippen LogP contribution in [-0.4, -0.2) is 37.0 Å². The lowest BCUT2D eigenvalue weighted by atomic mass is 10.1. The molecule has 2 aromatic rings. The summed E-state index contributed by atoms with van der Waals surface area (Å²) in [6, 6.07) is 12.0. The normalized spacial score (nSPS) is 14.8. The van der Waals surface area contributed by atoms with Crippen LogP contribution >= 0.6 is 11.6 Å². The van der Waals surface area contributed by atoms with Crippen molar-refractivity contribution < 1.29 is 9.18 Å². The number of amides is 1. The van der Waals surface area contributed by atoms with Crippen molar-refractivity contribution in [3.05, 3.63) is 64.4 Å². The molecule has 2 aromatic carbocycles. The summed E-state index contributed by atoms with van der Waals surface area (Å²) in [4.78, 5) is 16.6. The van der Waals surface area contributed by atoms with E-state index in [1.165, 1.54) is 17.7 Å². The molecule has 1 amide bonds. The van der Waals surface area contributed by atoms with E-state index in [1.54, 1.807) is 12.1 Å². The van der Waals surface area contributed by atoms with Crippen LogP contribution in [0, 0.1) is 12.7 Å². The molecule has 3 rings (SSSR count). The number of benzene rings is 2. The van der Waals surface area contributed by atoms with Crippen LogP contribution in [0.5, 0.6) is 0 Å². The zero-order chi connectivity index (χ0) is 17.1. The first-order chi connectivity index (χ1) is 11.5. The van der Waals surface area contributed by atoms with Crippen LogP contribution in [0.15, 0.2) is 42.5 Å². The Bertz CT molecular complexity index is 725. The van der Waals surface area contributed by atoms with Crippen LogP contribution < -0.4 is 4.90 Å². The number of rotatable bonds is 3. The quantitative estimate of drug-likeness (QED) is 0.846. The Morgan fingerprint density at radius 1 is 1.08 bits per heavy atom. The standard InChI is InChI=1S/C19H20ClFN2O/c1-14-2-5-16(20)13-18(14)22-8-10-23(11-9-22)19(24)12-15-3-6-17(21)7-4-15/h2-7,13H,8-12H2,1H3. The molecule has 0 saturated carbocycles. The summed E-state index contributed by atoms with van der Waals surface area (Å²) < 4.78 is 12.9. The van der Waals surface area contributed by atoms with Gasteiger partial charge in [0.05, 0.1) is 6.42 Å². The lowest BCUT2D eigenvalue weighted by Gasteiger charge is -2.37. The monoisotopic (exact) mass is 346 g/mol. The van der Waals surface area contributed by atoms with Crippen LogP contribution in [0.25, 0.3) is 0 Å². The van der Waals surface area contributed by atoms with E-state index in [-0.39, 0.29) is 11.7 Å². The van der Waals surface area contributed by atoms with Gasteiger partial charge in [-0.25, -0.2) is 4.39 Å². The molecule has 126 valence electrons. The molecule has 0 aromatic heterocycles. The SMILES string of the molecule is Cc1ccc(Cl)cc1N1CCN(C(=O)Cc2ccc(F)cc2)CC1. The molecule has 0 unspecified atom stereocenters. The van der Waals surface area contributed by atoms with E-state index >= 15 is 0 Å². The summed E-state index contributed by atoms with van der Waals surface area (Å²) in [5.41, 5.74) is 3.16. The second-order valence-electron chi connectivity index (χ2n) is 6.10. The molecule has 0 spiro atoms. The molecule has 0 aliphatic carbocycles. The minimum Gasteiger partial charge on any atom is -0.368 e. The summed E-state index contributed by atoms with van der Waals surface area (Å²) in [6.07, 6.45) is 0.316. The number of anilines is 1. The maximum Gasteiger partial charge on any atom is 0.227 e. The molecule has 1 heterocycles. The number of carbonyl (C=O) groups excluding carboxylic acids is 1. The van der Waals surface area contributed by atoms with Crippen molar-refractivity contribution >= 4 is 23.2 Å². The van der Waals surface area contributed by atoms with E-state index < -0.39 is 0 Å². The van der Waals surface area contributed by atoms with Crippen LogP contribution in [0.2, 0.25) is 5.02 Å². The van der Waals surface area contributed by atoms with E-state index in [9.17, 15) is 9.18 Å². The van der Waals surface area contributed by atoms with Crippen molar-refractivity contribution in [1.82, 2.24) is 4.90 Å². The Morgan fingerprint density at radius 3 is 2.42 bits per heavy atom. The molecule has 1 aliphatic heterocycles. The maximum atomic E-state index is 12.9. The Labute approximate surface area is 146 Å². The molecule has 1 saturated heterocycles. The van der Waals surface area contributed by atoms with E-state index in [0.717, 1.165) is 29.4 Å². The second kappa shape index (κ2) is 7.22. The highest BCUT2D eigenvalue weighted by molar-refractivity contribution is 6.30. The third-order valence-corrected chi connectivity index (χ3v) is 4.65. The number of hydrogen-bond acceptors (Lipinski definition) is 2. The molecule has 1 fully saturated rings. The summed E-state index contributed by atoms with van der Waals surface area (Å²) >= 11 is 6.10. The van der Waals surface area contributed by atoms with Gasteiger partial charge in [-0.2, -0.15) is 0 Å². The van der Waals surface area contributed by atoms with Gasteiger partial charge in [-0.15, -0.1) is 0 Å². The molecule has 0 N–H and O–H groups in total. The molecule has 3 nitrogen and oxygen atoms in total. The van der Waals surface area contributed by atoms with Gasteiger partial charge in [0, 0.05) is 36.9 Å². The molecule has 0 bridgehead atoms. The third-order valence-electron chi connectivity index (χ3n) is 4.41. The van der Waals surface area contributed by atoms with Gasteiger partial charge < -0.3 is 9.80 Å². The number of aryl methyl sites for hydroxylation is 1. The van der Waals surface area contributed by atoms with Crippen molar-refractivity contribution in [2.75, 3.05) is 31.1 Å². The number of carbonyl (C=O) groups is 1. The van der Waals surface area contributed by atoms with E-state index in [1.807, 2.05) is 23.1 Å². The largest absolute Gasteiger partial charge is 0.368 e. The lowest BCUT2D eigenvalue weighted by Crippen LogP contribution is -2.49. The van der Waals surface area contributed by atoms with Crippen LogP contribution in [0.3, 0.4) is 0 Å². The van der Waals surface area contributed by atoms with Gasteiger partial charge in [-0.05, 0) is 42.3 Å². The molecule has 1 aliphatic rings. The van der Waals surface area contributed by atoms with Gasteiger partial charge in [-0.1, -0.05) is 29.8 Å². The molecule has 0 atom stereocenters. The predicted octanol–water partition coefficient (Wildman–Crippen LogP) is 3.68. The highest BCUT2D eigenvalue weighted by atomic mass is 35.5. The van der Waals surface area contributed by atoms with Crippen molar-refractivity contribution in [3.63, 3.8) is 0 Å². The fourth-order valence-electron chi connectivity index (χ4n) is 3.01. The Kier molecular flexibility index (Phi) is 5.05. The molecule has 24 heavy (non-hydrogen) atoms. The highest BCUT2D eigenvalue weighted by Gasteiger charge is 2.22. The fraction of sp³-hybridized carbons (Fsp3) is 0.316. The average Bonchev–Trinajstić information content (AvgIpc) is 2.59. The molecule has 0 radical (unpaired) electrons. The number of hydrogen-bond donors (Lipinski definition) is 0. The Balaban J connectivity index is 1.59. The topological polar surface area (TPSA) is 23.6 Å². The fourth-order valence-corrected chi connectivity index (χ4v) is 3.18.